The summed E-state index contributed by atoms with van der Waals surface area (Å²) in [6.45, 7) is 5.40. The Labute approximate surface area is 238 Å². The van der Waals surface area contributed by atoms with E-state index >= 15 is 0 Å². The molecular formula is C28H40N2O8S2. The van der Waals surface area contributed by atoms with Crippen molar-refractivity contribution >= 4 is 31.9 Å². The van der Waals surface area contributed by atoms with E-state index in [-0.39, 0.29) is 17.6 Å². The Hall–Kier alpha value is -2.42. The summed E-state index contributed by atoms with van der Waals surface area (Å²) in [7, 11) is -1.61. The molecule has 222 valence electrons. The van der Waals surface area contributed by atoms with Gasteiger partial charge in [-0.25, -0.2) is 16.8 Å². The van der Waals surface area contributed by atoms with E-state index in [1.165, 1.54) is 0 Å². The van der Waals surface area contributed by atoms with Crippen molar-refractivity contribution in [2.45, 2.75) is 25.3 Å². The Balaban J connectivity index is 2.06. The van der Waals surface area contributed by atoms with Crippen molar-refractivity contribution in [3.05, 3.63) is 83.4 Å². The molecule has 0 fully saturated rings. The van der Waals surface area contributed by atoms with Gasteiger partial charge in [-0.1, -0.05) is 67.3 Å². The Morgan fingerprint density at radius 2 is 1.30 bits per heavy atom. The molecule has 10 nitrogen and oxygen atoms in total. The lowest BCUT2D eigenvalue weighted by Crippen LogP contribution is -2.46. The van der Waals surface area contributed by atoms with E-state index in [1.54, 1.807) is 0 Å². The first-order chi connectivity index (χ1) is 18.2. The summed E-state index contributed by atoms with van der Waals surface area (Å²) >= 11 is 0. The average molecular weight is 597 g/mol. The molecule has 0 radical (unpaired) electrons. The molecule has 2 rings (SSSR count). The number of rotatable bonds is 15. The summed E-state index contributed by atoms with van der Waals surface area (Å²) in [5.41, 5.74) is 4.57. The number of hydrogen-bond donors (Lipinski definition) is 2. The molecule has 0 amide bonds. The van der Waals surface area contributed by atoms with Gasteiger partial charge in [0.15, 0.2) is 0 Å². The summed E-state index contributed by atoms with van der Waals surface area (Å²) in [5, 5.41) is 20.0. The van der Waals surface area contributed by atoms with E-state index in [0.717, 1.165) is 27.8 Å². The molecule has 0 aromatic heterocycles. The highest BCUT2D eigenvalue weighted by Crippen LogP contribution is 2.21. The minimum Gasteiger partial charge on any atom is -0.748 e. The van der Waals surface area contributed by atoms with Gasteiger partial charge in [0, 0.05) is 11.1 Å². The van der Waals surface area contributed by atoms with Crippen LogP contribution in [0.2, 0.25) is 0 Å². The molecular weight excluding hydrogens is 556 g/mol. The van der Waals surface area contributed by atoms with Crippen LogP contribution in [0, 0.1) is 0 Å². The second-order valence-corrected chi connectivity index (χ2v) is 14.5. The van der Waals surface area contributed by atoms with Crippen LogP contribution in [0.25, 0.3) is 11.6 Å². The lowest BCUT2D eigenvalue weighted by molar-refractivity contribution is -0.906. The summed E-state index contributed by atoms with van der Waals surface area (Å²) in [6, 6.07) is 15.4. The zero-order valence-electron chi connectivity index (χ0n) is 23.4. The van der Waals surface area contributed by atoms with Crippen molar-refractivity contribution in [2.75, 3.05) is 52.8 Å². The lowest BCUT2D eigenvalue weighted by Gasteiger charge is -2.32. The van der Waals surface area contributed by atoms with Crippen molar-refractivity contribution in [1.82, 2.24) is 0 Å². The van der Waals surface area contributed by atoms with Crippen molar-refractivity contribution in [3.8, 4) is 0 Å². The number of quaternary nitrogens is 2. The monoisotopic (exact) mass is 596 g/mol. The topological polar surface area (TPSA) is 155 Å². The third kappa shape index (κ3) is 12.8. The standard InChI is InChI=1S/C28H40N2O8S2/c1-22(24-14-11-23(12-15-24)16-29(2,3)18-27(31)20-39(33,34)35)10-13-25-8-6-7-9-26(25)17-30(4,5)19-28(32)21-40(36,37)38/h6-15,27-28,31-32H,1,16-21H2,2-5H3/b13-10+. The average Bonchev–Trinajstić information content (AvgIpc) is 2.74. The SMILES string of the molecule is C=C(/C=C/c1ccccc1C[N+](C)(C)CC(O)CS(=O)(=O)[O-])c1ccc(C[N+](C)(C)CC(O)CS(=O)(=O)[O-])cc1. The molecule has 0 aliphatic carbocycles. The van der Waals surface area contributed by atoms with Crippen molar-refractivity contribution < 1.29 is 45.1 Å². The number of nitrogens with zero attached hydrogens (tertiary/aromatic N) is 2. The van der Waals surface area contributed by atoms with Crippen LogP contribution >= 0.6 is 0 Å². The van der Waals surface area contributed by atoms with Gasteiger partial charge in [-0.2, -0.15) is 0 Å². The first-order valence-corrected chi connectivity index (χ1v) is 15.8. The van der Waals surface area contributed by atoms with Gasteiger partial charge < -0.3 is 28.3 Å². The first-order valence-electron chi connectivity index (χ1n) is 12.7. The van der Waals surface area contributed by atoms with E-state index in [4.69, 9.17) is 0 Å². The number of aliphatic hydroxyl groups excluding tert-OH is 2. The summed E-state index contributed by atoms with van der Waals surface area (Å²) in [6.07, 6.45) is 1.33. The fourth-order valence-corrected chi connectivity index (χ4v) is 5.91. The van der Waals surface area contributed by atoms with E-state index in [0.29, 0.717) is 17.6 Å². The molecule has 0 saturated heterocycles. The second kappa shape index (κ2) is 13.5. The summed E-state index contributed by atoms with van der Waals surface area (Å²) < 4.78 is 66.3. The lowest BCUT2D eigenvalue weighted by atomic mass is 10.0. The molecule has 40 heavy (non-hydrogen) atoms. The molecule has 0 bridgehead atoms. The van der Waals surface area contributed by atoms with Crippen LogP contribution in [0.15, 0.2) is 61.2 Å². The molecule has 0 spiro atoms. The van der Waals surface area contributed by atoms with E-state index in [2.05, 4.69) is 6.58 Å². The smallest absolute Gasteiger partial charge is 0.116 e. The maximum atomic E-state index is 11.0. The minimum absolute atomic E-state index is 0.102. The molecule has 2 aromatic rings. The van der Waals surface area contributed by atoms with Gasteiger partial charge in [-0.05, 0) is 16.7 Å². The fourth-order valence-electron chi connectivity index (χ4n) is 4.75. The van der Waals surface area contributed by atoms with Crippen LogP contribution in [-0.4, -0.2) is 110 Å². The molecule has 0 aliphatic heterocycles. The predicted molar refractivity (Wildman–Crippen MR) is 153 cm³/mol. The molecule has 2 aromatic carbocycles. The van der Waals surface area contributed by atoms with Crippen LogP contribution in [0.5, 0.6) is 0 Å². The van der Waals surface area contributed by atoms with Crippen LogP contribution in [0.3, 0.4) is 0 Å². The van der Waals surface area contributed by atoms with Crippen LogP contribution in [0.1, 0.15) is 22.3 Å². The van der Waals surface area contributed by atoms with Gasteiger partial charge in [0.05, 0.1) is 59.9 Å². The van der Waals surface area contributed by atoms with Gasteiger partial charge >= 0.3 is 0 Å². The third-order valence-electron chi connectivity index (χ3n) is 6.26. The zero-order valence-corrected chi connectivity index (χ0v) is 25.1. The van der Waals surface area contributed by atoms with Crippen molar-refractivity contribution in [3.63, 3.8) is 0 Å². The third-order valence-corrected chi connectivity index (χ3v) is 7.84. The Kier molecular flexibility index (Phi) is 11.4. The number of benzene rings is 2. The normalized spacial score (nSPS) is 14.8. The quantitative estimate of drug-likeness (QED) is 0.178. The molecule has 2 atom stereocenters. The van der Waals surface area contributed by atoms with Crippen molar-refractivity contribution in [1.29, 1.82) is 0 Å². The number of allylic oxidation sites excluding steroid dienone is 2. The first kappa shape index (κ1) is 33.8. The van der Waals surface area contributed by atoms with Crippen molar-refractivity contribution in [2.24, 2.45) is 0 Å². The highest BCUT2D eigenvalue weighted by Gasteiger charge is 2.24. The molecule has 0 heterocycles. The number of likely N-dealkylation sites (N-methyl/N-ethyl adjacent to an activating group) is 2. The zero-order chi connectivity index (χ0) is 30.4. The van der Waals surface area contributed by atoms with Gasteiger partial charge in [0.1, 0.15) is 38.4 Å². The summed E-state index contributed by atoms with van der Waals surface area (Å²) in [4.78, 5) is 0. The van der Waals surface area contributed by atoms with Gasteiger partial charge in [0.2, 0.25) is 0 Å². The van der Waals surface area contributed by atoms with Gasteiger partial charge in [-0.15, -0.1) is 0 Å². The Morgan fingerprint density at radius 1 is 0.825 bits per heavy atom. The molecule has 12 heteroatoms. The van der Waals surface area contributed by atoms with Gasteiger partial charge in [0.25, 0.3) is 0 Å². The van der Waals surface area contributed by atoms with Crippen LogP contribution in [-0.2, 0) is 33.3 Å². The molecule has 0 aliphatic rings. The maximum absolute atomic E-state index is 11.0. The minimum atomic E-state index is -4.52. The molecule has 0 saturated carbocycles. The Bertz CT molecular complexity index is 1400. The molecule has 2 N–H and O–H groups in total. The van der Waals surface area contributed by atoms with Crippen LogP contribution < -0.4 is 0 Å². The second-order valence-electron chi connectivity index (χ2n) is 11.6. The maximum Gasteiger partial charge on any atom is 0.116 e. The van der Waals surface area contributed by atoms with Crippen LogP contribution in [0.4, 0.5) is 0 Å². The largest absolute Gasteiger partial charge is 0.748 e. The number of aliphatic hydroxyl groups is 2. The van der Waals surface area contributed by atoms with E-state index in [1.807, 2.05) is 88.9 Å². The fraction of sp³-hybridized carbons (Fsp3) is 0.429. The van der Waals surface area contributed by atoms with Gasteiger partial charge in [-0.3, -0.25) is 0 Å². The van der Waals surface area contributed by atoms with E-state index in [9.17, 15) is 36.2 Å². The highest BCUT2D eigenvalue weighted by atomic mass is 32.2. The molecule has 2 unspecified atom stereocenters. The Morgan fingerprint density at radius 3 is 1.80 bits per heavy atom. The predicted octanol–water partition coefficient (Wildman–Crippen LogP) is 1.38. The summed E-state index contributed by atoms with van der Waals surface area (Å²) in [5.74, 6) is -1.63. The highest BCUT2D eigenvalue weighted by molar-refractivity contribution is 7.85. The van der Waals surface area contributed by atoms with E-state index < -0.39 is 43.9 Å². The number of hydrogen-bond acceptors (Lipinski definition) is 8.